The number of nitrogens with one attached hydrogen (secondary N) is 1. The van der Waals surface area contributed by atoms with E-state index in [0.29, 0.717) is 5.56 Å². The van der Waals surface area contributed by atoms with Gasteiger partial charge in [-0.1, -0.05) is 29.4 Å². The molecule has 0 aromatic heterocycles. The highest BCUT2D eigenvalue weighted by atomic mass is 16.5. The topological polar surface area (TPSA) is 70.9 Å². The van der Waals surface area contributed by atoms with E-state index in [1.165, 1.54) is 0 Å². The highest BCUT2D eigenvalue weighted by molar-refractivity contribution is 6.43. The molecule has 0 fully saturated rings. The van der Waals surface area contributed by atoms with Crippen LogP contribution in [-0.2, 0) is 16.0 Å². The predicted octanol–water partition coefficient (Wildman–Crippen LogP) is 1.19. The smallest absolute Gasteiger partial charge is 0.361 e. The van der Waals surface area contributed by atoms with Crippen molar-refractivity contribution in [1.29, 1.82) is 0 Å². The first-order valence-electron chi connectivity index (χ1n) is 5.86. The van der Waals surface area contributed by atoms with Crippen LogP contribution in [0.1, 0.15) is 18.1 Å². The molecule has 0 aliphatic rings. The number of benzene rings is 1. The quantitative estimate of drug-likeness (QED) is 0.344. The Balaban J connectivity index is 3.02. The number of hydrogen-bond acceptors (Lipinski definition) is 5. The second-order valence-corrected chi connectivity index (χ2v) is 3.68. The van der Waals surface area contributed by atoms with E-state index in [4.69, 9.17) is 9.94 Å². The maximum atomic E-state index is 11.7. The molecule has 5 nitrogen and oxygen atoms in total. The third kappa shape index (κ3) is 3.56. The highest BCUT2D eigenvalue weighted by Gasteiger charge is 2.18. The second-order valence-electron chi connectivity index (χ2n) is 3.68. The van der Waals surface area contributed by atoms with Gasteiger partial charge in [0.1, 0.15) is 0 Å². The molecule has 0 heterocycles. The molecule has 1 aromatic carbocycles. The molecule has 98 valence electrons. The monoisotopic (exact) mass is 250 g/mol. The standard InChI is InChI=1S/C13H18N2O3/c1-3-18-13(16)12(15-17)11-7-5-4-6-10(11)8-9-14-2/h4-7,14,17H,3,8-9H2,1-2H3. The van der Waals surface area contributed by atoms with E-state index < -0.39 is 5.97 Å². The average molecular weight is 250 g/mol. The van der Waals surface area contributed by atoms with Crippen LogP contribution in [-0.4, -0.2) is 37.1 Å². The molecule has 0 amide bonds. The Bertz CT molecular complexity index is 430. The summed E-state index contributed by atoms with van der Waals surface area (Å²) in [5.41, 5.74) is 1.49. The lowest BCUT2D eigenvalue weighted by molar-refractivity contribution is -0.135. The van der Waals surface area contributed by atoms with Crippen LogP contribution in [0, 0.1) is 0 Å². The van der Waals surface area contributed by atoms with Crippen molar-refractivity contribution in [2.45, 2.75) is 13.3 Å². The summed E-state index contributed by atoms with van der Waals surface area (Å²) >= 11 is 0. The zero-order chi connectivity index (χ0) is 13.4. The number of rotatable bonds is 6. The van der Waals surface area contributed by atoms with E-state index in [1.807, 2.05) is 19.2 Å². The maximum absolute atomic E-state index is 11.7. The summed E-state index contributed by atoms with van der Waals surface area (Å²) in [5, 5.41) is 15.1. The molecule has 2 N–H and O–H groups in total. The van der Waals surface area contributed by atoms with Gasteiger partial charge in [-0.05, 0) is 32.5 Å². The second kappa shape index (κ2) is 7.45. The van der Waals surface area contributed by atoms with Crippen molar-refractivity contribution >= 4 is 11.7 Å². The minimum atomic E-state index is -0.614. The van der Waals surface area contributed by atoms with E-state index in [2.05, 4.69) is 10.5 Å². The van der Waals surface area contributed by atoms with Gasteiger partial charge < -0.3 is 15.3 Å². The van der Waals surface area contributed by atoms with Crippen molar-refractivity contribution in [2.75, 3.05) is 20.2 Å². The van der Waals surface area contributed by atoms with E-state index in [-0.39, 0.29) is 12.3 Å². The fourth-order valence-corrected chi connectivity index (χ4v) is 1.63. The van der Waals surface area contributed by atoms with Crippen molar-refractivity contribution in [3.05, 3.63) is 35.4 Å². The van der Waals surface area contributed by atoms with Gasteiger partial charge in [-0.25, -0.2) is 4.79 Å². The molecule has 5 heteroatoms. The van der Waals surface area contributed by atoms with Crippen LogP contribution < -0.4 is 5.32 Å². The Morgan fingerprint density at radius 3 is 2.78 bits per heavy atom. The minimum Gasteiger partial charge on any atom is -0.461 e. The van der Waals surface area contributed by atoms with E-state index >= 15 is 0 Å². The summed E-state index contributed by atoms with van der Waals surface area (Å²) in [6.07, 6.45) is 0.741. The molecule has 0 spiro atoms. The van der Waals surface area contributed by atoms with Crippen molar-refractivity contribution in [1.82, 2.24) is 5.32 Å². The molecule has 0 aliphatic carbocycles. The molecule has 0 saturated carbocycles. The molecule has 1 rings (SSSR count). The van der Waals surface area contributed by atoms with Crippen LogP contribution in [0.3, 0.4) is 0 Å². The first-order valence-corrected chi connectivity index (χ1v) is 5.86. The van der Waals surface area contributed by atoms with Gasteiger partial charge >= 0.3 is 5.97 Å². The van der Waals surface area contributed by atoms with Crippen molar-refractivity contribution < 1.29 is 14.7 Å². The van der Waals surface area contributed by atoms with Crippen molar-refractivity contribution in [3.8, 4) is 0 Å². The van der Waals surface area contributed by atoms with E-state index in [9.17, 15) is 4.79 Å². The van der Waals surface area contributed by atoms with Gasteiger partial charge in [0.15, 0.2) is 5.71 Å². The van der Waals surface area contributed by atoms with Gasteiger partial charge in [-0.15, -0.1) is 0 Å². The fourth-order valence-electron chi connectivity index (χ4n) is 1.63. The van der Waals surface area contributed by atoms with Gasteiger partial charge in [0, 0.05) is 5.56 Å². The molecule has 0 bridgehead atoms. The third-order valence-corrected chi connectivity index (χ3v) is 2.49. The molecule has 0 aliphatic heterocycles. The Labute approximate surface area is 106 Å². The summed E-state index contributed by atoms with van der Waals surface area (Å²) < 4.78 is 4.86. The van der Waals surface area contributed by atoms with Gasteiger partial charge in [0.2, 0.25) is 0 Å². The number of hydrogen-bond donors (Lipinski definition) is 2. The van der Waals surface area contributed by atoms with Crippen molar-refractivity contribution in [2.24, 2.45) is 5.16 Å². The maximum Gasteiger partial charge on any atom is 0.361 e. The Hall–Kier alpha value is -1.88. The largest absolute Gasteiger partial charge is 0.461 e. The summed E-state index contributed by atoms with van der Waals surface area (Å²) in [6.45, 7) is 2.73. The number of oxime groups is 1. The minimum absolute atomic E-state index is 0.0523. The highest BCUT2D eigenvalue weighted by Crippen LogP contribution is 2.12. The van der Waals surface area contributed by atoms with E-state index in [1.54, 1.807) is 19.1 Å². The SMILES string of the molecule is CCOC(=O)C(=NO)c1ccccc1CCNC. The van der Waals surface area contributed by atoms with Crippen LogP contribution in [0.5, 0.6) is 0 Å². The first kappa shape index (κ1) is 14.2. The van der Waals surface area contributed by atoms with E-state index in [0.717, 1.165) is 18.5 Å². The van der Waals surface area contributed by atoms with Gasteiger partial charge in [-0.3, -0.25) is 0 Å². The lowest BCUT2D eigenvalue weighted by Crippen LogP contribution is -2.21. The Morgan fingerprint density at radius 1 is 1.44 bits per heavy atom. The van der Waals surface area contributed by atoms with Crippen LogP contribution >= 0.6 is 0 Å². The fraction of sp³-hybridized carbons (Fsp3) is 0.385. The Morgan fingerprint density at radius 2 is 2.17 bits per heavy atom. The summed E-state index contributed by atoms with van der Waals surface area (Å²) in [5.74, 6) is -0.614. The molecular formula is C13H18N2O3. The normalized spacial score (nSPS) is 11.3. The average Bonchev–Trinajstić information content (AvgIpc) is 2.39. The number of esters is 1. The molecular weight excluding hydrogens is 232 g/mol. The zero-order valence-electron chi connectivity index (χ0n) is 10.6. The lowest BCUT2D eigenvalue weighted by Gasteiger charge is -2.09. The predicted molar refractivity (Wildman–Crippen MR) is 69.0 cm³/mol. The molecule has 0 saturated heterocycles. The lowest BCUT2D eigenvalue weighted by atomic mass is 10.0. The number of nitrogens with zero attached hydrogens (tertiary/aromatic N) is 1. The van der Waals surface area contributed by atoms with Gasteiger partial charge in [0.25, 0.3) is 0 Å². The first-order chi connectivity index (χ1) is 8.74. The van der Waals surface area contributed by atoms with Crippen LogP contribution in [0.2, 0.25) is 0 Å². The van der Waals surface area contributed by atoms with Gasteiger partial charge in [-0.2, -0.15) is 0 Å². The molecule has 1 aromatic rings. The molecule has 0 atom stereocenters. The summed E-state index contributed by atoms with van der Waals surface area (Å²) in [6, 6.07) is 7.32. The molecule has 0 radical (unpaired) electrons. The number of ether oxygens (including phenoxy) is 1. The number of carbonyl (C=O) groups excluding carboxylic acids is 1. The Kier molecular flexibility index (Phi) is 5.87. The zero-order valence-corrected chi connectivity index (χ0v) is 10.6. The summed E-state index contributed by atoms with van der Waals surface area (Å²) in [7, 11) is 1.86. The van der Waals surface area contributed by atoms with Crippen molar-refractivity contribution in [3.63, 3.8) is 0 Å². The third-order valence-electron chi connectivity index (χ3n) is 2.49. The van der Waals surface area contributed by atoms with Gasteiger partial charge in [0.05, 0.1) is 6.61 Å². The van der Waals surface area contributed by atoms with Crippen LogP contribution in [0.4, 0.5) is 0 Å². The van der Waals surface area contributed by atoms with Crippen LogP contribution in [0.15, 0.2) is 29.4 Å². The summed E-state index contributed by atoms with van der Waals surface area (Å²) in [4.78, 5) is 11.7. The number of likely N-dealkylation sites (N-methyl/N-ethyl adjacent to an activating group) is 1. The number of carbonyl (C=O) groups is 1. The molecule has 18 heavy (non-hydrogen) atoms. The molecule has 0 unspecified atom stereocenters. The van der Waals surface area contributed by atoms with Crippen LogP contribution in [0.25, 0.3) is 0 Å².